The fourth-order valence-corrected chi connectivity index (χ4v) is 1.79. The lowest BCUT2D eigenvalue weighted by Gasteiger charge is -2.18. The van der Waals surface area contributed by atoms with E-state index in [1.807, 2.05) is 6.07 Å². The first-order valence-electron chi connectivity index (χ1n) is 5.21. The average Bonchev–Trinajstić information content (AvgIpc) is 2.17. The van der Waals surface area contributed by atoms with Crippen LogP contribution in [-0.4, -0.2) is 17.1 Å². The molecule has 3 nitrogen and oxygen atoms in total. The Labute approximate surface area is 95.9 Å². The highest BCUT2D eigenvalue weighted by Crippen LogP contribution is 2.21. The molecule has 0 amide bonds. The zero-order chi connectivity index (χ0) is 11.4. The van der Waals surface area contributed by atoms with Crippen molar-refractivity contribution < 1.29 is 4.74 Å². The minimum atomic E-state index is -0.0156. The number of rotatable bonds is 4. The van der Waals surface area contributed by atoms with Gasteiger partial charge in [0.25, 0.3) is 0 Å². The van der Waals surface area contributed by atoms with Crippen LogP contribution in [0.25, 0.3) is 0 Å². The second-order valence-corrected chi connectivity index (χ2v) is 4.30. The molecule has 0 radical (unpaired) electrons. The number of nitrogens with one attached hydrogen (secondary N) is 1. The van der Waals surface area contributed by atoms with E-state index in [0.717, 1.165) is 17.9 Å². The van der Waals surface area contributed by atoms with Gasteiger partial charge in [-0.05, 0) is 18.4 Å². The summed E-state index contributed by atoms with van der Waals surface area (Å²) in [6.07, 6.45) is 0.909. The maximum absolute atomic E-state index is 5.41. The molecule has 15 heavy (non-hydrogen) atoms. The van der Waals surface area contributed by atoms with E-state index in [-0.39, 0.29) is 6.10 Å². The van der Waals surface area contributed by atoms with Gasteiger partial charge < -0.3 is 9.72 Å². The predicted octanol–water partition coefficient (Wildman–Crippen LogP) is 3.05. The number of ether oxygens (including phenoxy) is 1. The Morgan fingerprint density at radius 3 is 2.67 bits per heavy atom. The summed E-state index contributed by atoms with van der Waals surface area (Å²) in [6, 6.07) is 1.89. The monoisotopic (exact) mass is 226 g/mol. The molecule has 0 aliphatic heterocycles. The molecule has 4 heteroatoms. The molecule has 1 atom stereocenters. The SMILES string of the molecule is CCc1cc(=S)nc(C(OC)C(C)C)[nH]1. The second-order valence-electron chi connectivity index (χ2n) is 3.88. The van der Waals surface area contributed by atoms with E-state index in [2.05, 4.69) is 30.7 Å². The van der Waals surface area contributed by atoms with Crippen LogP contribution in [0.5, 0.6) is 0 Å². The van der Waals surface area contributed by atoms with E-state index >= 15 is 0 Å². The van der Waals surface area contributed by atoms with E-state index < -0.39 is 0 Å². The number of nitrogens with zero attached hydrogens (tertiary/aromatic N) is 1. The van der Waals surface area contributed by atoms with Gasteiger partial charge >= 0.3 is 0 Å². The Bertz CT molecular complexity index is 373. The van der Waals surface area contributed by atoms with Crippen LogP contribution in [0.15, 0.2) is 6.07 Å². The van der Waals surface area contributed by atoms with Crippen molar-refractivity contribution in [2.75, 3.05) is 7.11 Å². The molecular formula is C11H18N2OS. The molecular weight excluding hydrogens is 208 g/mol. The molecule has 1 aromatic heterocycles. The molecule has 0 bridgehead atoms. The van der Waals surface area contributed by atoms with Gasteiger partial charge in [-0.25, -0.2) is 4.98 Å². The van der Waals surface area contributed by atoms with Crippen molar-refractivity contribution in [2.45, 2.75) is 33.3 Å². The van der Waals surface area contributed by atoms with Crippen molar-refractivity contribution in [3.05, 3.63) is 22.2 Å². The van der Waals surface area contributed by atoms with Gasteiger partial charge in [0.05, 0.1) is 0 Å². The predicted molar refractivity (Wildman–Crippen MR) is 63.4 cm³/mol. The van der Waals surface area contributed by atoms with Gasteiger partial charge in [-0.15, -0.1) is 0 Å². The van der Waals surface area contributed by atoms with Gasteiger partial charge in [-0.3, -0.25) is 0 Å². The molecule has 0 saturated carbocycles. The standard InChI is InChI=1S/C11H18N2OS/c1-5-8-6-9(15)13-11(12-8)10(14-4)7(2)3/h6-7,10H,5H2,1-4H3,(H,12,13,15). The maximum atomic E-state index is 5.41. The van der Waals surface area contributed by atoms with Crippen LogP contribution in [0.4, 0.5) is 0 Å². The largest absolute Gasteiger partial charge is 0.373 e. The van der Waals surface area contributed by atoms with Crippen molar-refractivity contribution in [3.8, 4) is 0 Å². The number of aromatic amines is 1. The molecule has 1 rings (SSSR count). The molecule has 0 spiro atoms. The van der Waals surface area contributed by atoms with Crippen molar-refractivity contribution >= 4 is 12.2 Å². The summed E-state index contributed by atoms with van der Waals surface area (Å²) < 4.78 is 6.04. The van der Waals surface area contributed by atoms with Gasteiger partial charge in [0.2, 0.25) is 0 Å². The Kier molecular flexibility index (Phi) is 4.42. The maximum Gasteiger partial charge on any atom is 0.137 e. The van der Waals surface area contributed by atoms with Gasteiger partial charge in [-0.1, -0.05) is 33.0 Å². The fourth-order valence-electron chi connectivity index (χ4n) is 1.55. The first kappa shape index (κ1) is 12.3. The number of aryl methyl sites for hydroxylation is 1. The number of methoxy groups -OCH3 is 1. The Hall–Kier alpha value is -0.740. The quantitative estimate of drug-likeness (QED) is 0.802. The van der Waals surface area contributed by atoms with E-state index in [1.165, 1.54) is 0 Å². The molecule has 0 aliphatic carbocycles. The number of H-pyrrole nitrogens is 1. The van der Waals surface area contributed by atoms with Gasteiger partial charge in [0.15, 0.2) is 0 Å². The molecule has 84 valence electrons. The lowest BCUT2D eigenvalue weighted by Crippen LogP contribution is -2.13. The van der Waals surface area contributed by atoms with Crippen molar-refractivity contribution in [1.29, 1.82) is 0 Å². The summed E-state index contributed by atoms with van der Waals surface area (Å²) in [7, 11) is 1.70. The van der Waals surface area contributed by atoms with Crippen LogP contribution in [-0.2, 0) is 11.2 Å². The van der Waals surface area contributed by atoms with E-state index in [0.29, 0.717) is 10.6 Å². The zero-order valence-corrected chi connectivity index (χ0v) is 10.5. The fraction of sp³-hybridized carbons (Fsp3) is 0.636. The normalized spacial score (nSPS) is 13.1. The molecule has 0 aliphatic rings. The molecule has 1 aromatic rings. The third-order valence-corrected chi connectivity index (χ3v) is 2.54. The van der Waals surface area contributed by atoms with Gasteiger partial charge in [-0.2, -0.15) is 0 Å². The minimum absolute atomic E-state index is 0.0156. The third kappa shape index (κ3) is 3.11. The highest BCUT2D eigenvalue weighted by Gasteiger charge is 2.17. The minimum Gasteiger partial charge on any atom is -0.373 e. The third-order valence-electron chi connectivity index (χ3n) is 2.33. The molecule has 0 aromatic carbocycles. The number of hydrogen-bond donors (Lipinski definition) is 1. The smallest absolute Gasteiger partial charge is 0.137 e. The summed E-state index contributed by atoms with van der Waals surface area (Å²) in [4.78, 5) is 7.57. The second kappa shape index (κ2) is 5.37. The van der Waals surface area contributed by atoms with Crippen LogP contribution >= 0.6 is 12.2 Å². The Balaban J connectivity index is 3.12. The Morgan fingerprint density at radius 2 is 2.20 bits per heavy atom. The van der Waals surface area contributed by atoms with Crippen LogP contribution in [0.1, 0.15) is 38.4 Å². The first-order chi connectivity index (χ1) is 7.08. The van der Waals surface area contributed by atoms with Gasteiger partial charge in [0.1, 0.15) is 16.6 Å². The molecule has 1 heterocycles. The van der Waals surface area contributed by atoms with Crippen LogP contribution in [0.2, 0.25) is 0 Å². The summed E-state index contributed by atoms with van der Waals surface area (Å²) in [5.74, 6) is 1.21. The van der Waals surface area contributed by atoms with E-state index in [9.17, 15) is 0 Å². The van der Waals surface area contributed by atoms with Crippen LogP contribution < -0.4 is 0 Å². The van der Waals surface area contributed by atoms with Crippen LogP contribution in [0.3, 0.4) is 0 Å². The van der Waals surface area contributed by atoms with E-state index in [4.69, 9.17) is 17.0 Å². The highest BCUT2D eigenvalue weighted by atomic mass is 32.1. The summed E-state index contributed by atoms with van der Waals surface area (Å²) in [5.41, 5.74) is 1.10. The molecule has 0 saturated heterocycles. The average molecular weight is 226 g/mol. The summed E-state index contributed by atoms with van der Waals surface area (Å²) >= 11 is 5.12. The zero-order valence-electron chi connectivity index (χ0n) is 9.70. The van der Waals surface area contributed by atoms with Crippen molar-refractivity contribution in [2.24, 2.45) is 5.92 Å². The molecule has 1 N–H and O–H groups in total. The van der Waals surface area contributed by atoms with Crippen molar-refractivity contribution in [1.82, 2.24) is 9.97 Å². The Morgan fingerprint density at radius 1 is 1.53 bits per heavy atom. The lowest BCUT2D eigenvalue weighted by atomic mass is 10.1. The number of hydrogen-bond acceptors (Lipinski definition) is 3. The van der Waals surface area contributed by atoms with Crippen LogP contribution in [0, 0.1) is 10.6 Å². The summed E-state index contributed by atoms with van der Waals surface area (Å²) in [6.45, 7) is 6.29. The summed E-state index contributed by atoms with van der Waals surface area (Å²) in [5, 5.41) is 0. The number of aromatic nitrogens is 2. The van der Waals surface area contributed by atoms with E-state index in [1.54, 1.807) is 7.11 Å². The lowest BCUT2D eigenvalue weighted by molar-refractivity contribution is 0.0572. The van der Waals surface area contributed by atoms with Gasteiger partial charge in [0, 0.05) is 12.8 Å². The first-order valence-corrected chi connectivity index (χ1v) is 5.62. The van der Waals surface area contributed by atoms with Crippen molar-refractivity contribution in [3.63, 3.8) is 0 Å². The molecule has 1 unspecified atom stereocenters. The topological polar surface area (TPSA) is 37.9 Å². The molecule has 0 fully saturated rings. The highest BCUT2D eigenvalue weighted by molar-refractivity contribution is 7.71.